The molecule has 0 aliphatic rings. The summed E-state index contributed by atoms with van der Waals surface area (Å²) in [7, 11) is 2.97. The molecule has 1 rings (SSSR count). The predicted molar refractivity (Wildman–Crippen MR) is 76.9 cm³/mol. The maximum Gasteiger partial charge on any atom is 0.325 e. The first-order valence-electron chi connectivity index (χ1n) is 6.64. The van der Waals surface area contributed by atoms with Crippen LogP contribution in [0.4, 0.5) is 0 Å². The zero-order valence-electron chi connectivity index (χ0n) is 12.3. The molecule has 0 heterocycles. The zero-order valence-corrected chi connectivity index (χ0v) is 12.3. The average Bonchev–Trinajstić information content (AvgIpc) is 2.46. The van der Waals surface area contributed by atoms with E-state index in [9.17, 15) is 4.79 Å². The van der Waals surface area contributed by atoms with Gasteiger partial charge in [0.05, 0.1) is 20.8 Å². The summed E-state index contributed by atoms with van der Waals surface area (Å²) in [5, 5.41) is 0. The van der Waals surface area contributed by atoms with Crippen molar-refractivity contribution in [3.05, 3.63) is 24.3 Å². The molecule has 0 aliphatic heterocycles. The normalized spacial score (nSPS) is 13.4. The first kappa shape index (κ1) is 16.3. The second-order valence-corrected chi connectivity index (χ2v) is 4.89. The molecule has 0 aromatic heterocycles. The molecule has 1 atom stereocenters. The first-order chi connectivity index (χ1) is 9.49. The Morgan fingerprint density at radius 3 is 2.60 bits per heavy atom. The molecule has 0 saturated heterocycles. The van der Waals surface area contributed by atoms with Gasteiger partial charge in [-0.2, -0.15) is 0 Å². The third-order valence-electron chi connectivity index (χ3n) is 3.05. The number of ether oxygens (including phenoxy) is 3. The molecule has 112 valence electrons. The van der Waals surface area contributed by atoms with Crippen LogP contribution in [0, 0.1) is 0 Å². The van der Waals surface area contributed by atoms with Gasteiger partial charge in [0.25, 0.3) is 0 Å². The quantitative estimate of drug-likeness (QED) is 0.584. The van der Waals surface area contributed by atoms with Crippen molar-refractivity contribution in [3.8, 4) is 11.5 Å². The lowest BCUT2D eigenvalue weighted by atomic mass is 9.96. The fourth-order valence-electron chi connectivity index (χ4n) is 1.81. The van der Waals surface area contributed by atoms with Crippen LogP contribution in [0.25, 0.3) is 0 Å². The summed E-state index contributed by atoms with van der Waals surface area (Å²) >= 11 is 0. The van der Waals surface area contributed by atoms with Crippen LogP contribution in [0.2, 0.25) is 0 Å². The Morgan fingerprint density at radius 2 is 1.95 bits per heavy atom. The smallest absolute Gasteiger partial charge is 0.325 e. The van der Waals surface area contributed by atoms with Crippen molar-refractivity contribution in [1.29, 1.82) is 0 Å². The van der Waals surface area contributed by atoms with Crippen LogP contribution < -0.4 is 15.2 Å². The van der Waals surface area contributed by atoms with E-state index in [1.807, 2.05) is 24.3 Å². The van der Waals surface area contributed by atoms with Crippen LogP contribution in [0.1, 0.15) is 26.2 Å². The summed E-state index contributed by atoms with van der Waals surface area (Å²) in [5.41, 5.74) is 4.94. The van der Waals surface area contributed by atoms with Crippen LogP contribution in [0.15, 0.2) is 24.3 Å². The van der Waals surface area contributed by atoms with E-state index in [0.29, 0.717) is 13.0 Å². The summed E-state index contributed by atoms with van der Waals surface area (Å²) in [4.78, 5) is 11.4. The van der Waals surface area contributed by atoms with E-state index >= 15 is 0 Å². The topological polar surface area (TPSA) is 70.8 Å². The van der Waals surface area contributed by atoms with E-state index in [-0.39, 0.29) is 5.97 Å². The highest BCUT2D eigenvalue weighted by molar-refractivity contribution is 5.79. The van der Waals surface area contributed by atoms with E-state index in [4.69, 9.17) is 15.2 Å². The maximum atomic E-state index is 11.4. The summed E-state index contributed by atoms with van der Waals surface area (Å²) in [6.07, 6.45) is 2.19. The van der Waals surface area contributed by atoms with Gasteiger partial charge in [0.2, 0.25) is 0 Å². The molecular weight excluding hydrogens is 258 g/mol. The second-order valence-electron chi connectivity index (χ2n) is 4.89. The molecule has 0 spiro atoms. The average molecular weight is 281 g/mol. The Kier molecular flexibility index (Phi) is 6.31. The minimum Gasteiger partial charge on any atom is -0.497 e. The van der Waals surface area contributed by atoms with Crippen LogP contribution >= 0.6 is 0 Å². The van der Waals surface area contributed by atoms with Gasteiger partial charge in [-0.05, 0) is 38.3 Å². The van der Waals surface area contributed by atoms with E-state index in [0.717, 1.165) is 24.3 Å². The monoisotopic (exact) mass is 281 g/mol. The molecule has 2 N–H and O–H groups in total. The minimum absolute atomic E-state index is 0.383. The molecule has 1 aromatic carbocycles. The lowest BCUT2D eigenvalue weighted by molar-refractivity contribution is -0.146. The van der Waals surface area contributed by atoms with Gasteiger partial charge in [0.15, 0.2) is 0 Å². The van der Waals surface area contributed by atoms with E-state index in [1.165, 1.54) is 7.11 Å². The lowest BCUT2D eigenvalue weighted by Crippen LogP contribution is -2.45. The standard InChI is InChI=1S/C15H23NO4/c1-15(16,14(17)19-3)9-4-5-10-20-13-8-6-7-12(11-13)18-2/h6-8,11H,4-5,9-10,16H2,1-3H3. The van der Waals surface area contributed by atoms with Crippen LogP contribution in [-0.2, 0) is 9.53 Å². The zero-order chi connectivity index (χ0) is 15.0. The molecule has 5 heteroatoms. The Hall–Kier alpha value is -1.75. The fraction of sp³-hybridized carbons (Fsp3) is 0.533. The SMILES string of the molecule is COC(=O)C(C)(N)CCCCOc1cccc(OC)c1. The summed E-state index contributed by atoms with van der Waals surface area (Å²) in [5.74, 6) is 1.15. The van der Waals surface area contributed by atoms with E-state index < -0.39 is 5.54 Å². The molecule has 1 aromatic rings. The lowest BCUT2D eigenvalue weighted by Gasteiger charge is -2.21. The number of nitrogens with two attached hydrogens (primary N) is 1. The number of hydrogen-bond acceptors (Lipinski definition) is 5. The van der Waals surface area contributed by atoms with Gasteiger partial charge >= 0.3 is 5.97 Å². The molecule has 0 bridgehead atoms. The number of methoxy groups -OCH3 is 2. The van der Waals surface area contributed by atoms with Crippen molar-refractivity contribution in [2.75, 3.05) is 20.8 Å². The third-order valence-corrected chi connectivity index (χ3v) is 3.05. The Morgan fingerprint density at radius 1 is 1.25 bits per heavy atom. The van der Waals surface area contributed by atoms with E-state index in [2.05, 4.69) is 4.74 Å². The van der Waals surface area contributed by atoms with Crippen LogP contribution in [-0.4, -0.2) is 32.3 Å². The largest absolute Gasteiger partial charge is 0.497 e. The number of carbonyl (C=O) groups is 1. The summed E-state index contributed by atoms with van der Waals surface area (Å²) in [6, 6.07) is 7.46. The Labute approximate surface area is 120 Å². The Balaban J connectivity index is 2.26. The van der Waals surface area contributed by atoms with Gasteiger partial charge in [0.1, 0.15) is 17.0 Å². The highest BCUT2D eigenvalue weighted by Crippen LogP contribution is 2.19. The Bertz CT molecular complexity index is 432. The highest BCUT2D eigenvalue weighted by atomic mass is 16.5. The molecule has 0 radical (unpaired) electrons. The molecule has 20 heavy (non-hydrogen) atoms. The number of carbonyl (C=O) groups excluding carboxylic acids is 1. The van der Waals surface area contributed by atoms with Gasteiger partial charge in [-0.15, -0.1) is 0 Å². The van der Waals surface area contributed by atoms with Crippen molar-refractivity contribution in [1.82, 2.24) is 0 Å². The van der Waals surface area contributed by atoms with Gasteiger partial charge < -0.3 is 19.9 Å². The number of unbranched alkanes of at least 4 members (excludes halogenated alkanes) is 1. The maximum absolute atomic E-state index is 11.4. The van der Waals surface area contributed by atoms with Crippen molar-refractivity contribution in [3.63, 3.8) is 0 Å². The van der Waals surface area contributed by atoms with Crippen molar-refractivity contribution in [2.24, 2.45) is 5.73 Å². The van der Waals surface area contributed by atoms with Crippen molar-refractivity contribution in [2.45, 2.75) is 31.7 Å². The second kappa shape index (κ2) is 7.75. The van der Waals surface area contributed by atoms with Gasteiger partial charge in [-0.25, -0.2) is 0 Å². The number of hydrogen-bond donors (Lipinski definition) is 1. The number of esters is 1. The molecule has 0 amide bonds. The van der Waals surface area contributed by atoms with Crippen LogP contribution in [0.5, 0.6) is 11.5 Å². The summed E-state index contributed by atoms with van der Waals surface area (Å²) < 4.78 is 15.4. The molecule has 0 fully saturated rings. The predicted octanol–water partition coefficient (Wildman–Crippen LogP) is 2.13. The van der Waals surface area contributed by atoms with Gasteiger partial charge in [0, 0.05) is 6.07 Å². The highest BCUT2D eigenvalue weighted by Gasteiger charge is 2.28. The third kappa shape index (κ3) is 5.09. The number of rotatable bonds is 8. The van der Waals surface area contributed by atoms with E-state index in [1.54, 1.807) is 14.0 Å². The summed E-state index contributed by atoms with van der Waals surface area (Å²) in [6.45, 7) is 2.26. The molecule has 0 saturated carbocycles. The molecular formula is C15H23NO4. The molecule has 0 aliphatic carbocycles. The number of benzene rings is 1. The minimum atomic E-state index is -0.926. The van der Waals surface area contributed by atoms with Crippen molar-refractivity contribution < 1.29 is 19.0 Å². The molecule has 1 unspecified atom stereocenters. The van der Waals surface area contributed by atoms with Crippen molar-refractivity contribution >= 4 is 5.97 Å². The van der Waals surface area contributed by atoms with Crippen LogP contribution in [0.3, 0.4) is 0 Å². The molecule has 5 nitrogen and oxygen atoms in total. The fourth-order valence-corrected chi connectivity index (χ4v) is 1.81. The van der Waals surface area contributed by atoms with Gasteiger partial charge in [-0.3, -0.25) is 4.79 Å². The first-order valence-corrected chi connectivity index (χ1v) is 6.64. The van der Waals surface area contributed by atoms with Gasteiger partial charge in [-0.1, -0.05) is 6.07 Å².